The zero-order valence-electron chi connectivity index (χ0n) is 19.2. The third kappa shape index (κ3) is 7.03. The second-order valence-electron chi connectivity index (χ2n) is 8.12. The van der Waals surface area contributed by atoms with Crippen LogP contribution in [0, 0.1) is 7.14 Å². The van der Waals surface area contributed by atoms with Gasteiger partial charge in [-0.15, -0.1) is 10.2 Å². The zero-order chi connectivity index (χ0) is 24.7. The van der Waals surface area contributed by atoms with Gasteiger partial charge < -0.3 is 9.47 Å². The molecule has 5 rings (SSSR count). The van der Waals surface area contributed by atoms with E-state index in [1.165, 1.54) is 18.3 Å². The van der Waals surface area contributed by atoms with Crippen LogP contribution in [0.15, 0.2) is 85.2 Å². The molecule has 5 aromatic rings. The lowest BCUT2D eigenvalue weighted by Crippen LogP contribution is -2.00. The van der Waals surface area contributed by atoms with Gasteiger partial charge in [-0.1, -0.05) is 40.8 Å². The van der Waals surface area contributed by atoms with E-state index in [-0.39, 0.29) is 0 Å². The number of nitrogens with zero attached hydrogens (tertiary/aromatic N) is 6. The van der Waals surface area contributed by atoms with Crippen molar-refractivity contribution >= 4 is 45.2 Å². The Morgan fingerprint density at radius 2 is 1.06 bits per heavy atom. The molecule has 0 saturated heterocycles. The summed E-state index contributed by atoms with van der Waals surface area (Å²) in [5, 5.41) is 16.8. The Morgan fingerprint density at radius 3 is 1.50 bits per heavy atom. The van der Waals surface area contributed by atoms with Crippen LogP contribution in [0.25, 0.3) is 0 Å². The van der Waals surface area contributed by atoms with Gasteiger partial charge in [-0.3, -0.25) is 0 Å². The number of halogens is 2. The minimum absolute atomic E-state index is 0.322. The molecule has 36 heavy (non-hydrogen) atoms. The molecule has 0 amide bonds. The van der Waals surface area contributed by atoms with Crippen LogP contribution >= 0.6 is 45.2 Å². The number of rotatable bonds is 10. The summed E-state index contributed by atoms with van der Waals surface area (Å²) in [5.41, 5.74) is 3.87. The van der Waals surface area contributed by atoms with Gasteiger partial charge in [0.1, 0.15) is 36.1 Å². The van der Waals surface area contributed by atoms with Crippen molar-refractivity contribution in [3.8, 4) is 11.5 Å². The first-order chi connectivity index (χ1) is 17.6. The number of aromatic nitrogens is 6. The summed E-state index contributed by atoms with van der Waals surface area (Å²) in [7, 11) is 0. The maximum absolute atomic E-state index is 5.91. The van der Waals surface area contributed by atoms with E-state index < -0.39 is 0 Å². The molecular weight excluding hydrogens is 682 g/mol. The molecule has 0 atom stereocenters. The summed E-state index contributed by atoms with van der Waals surface area (Å²) in [4.78, 5) is 0. The van der Waals surface area contributed by atoms with Crippen LogP contribution in [0.3, 0.4) is 0 Å². The highest BCUT2D eigenvalue weighted by Gasteiger charge is 2.06. The molecule has 182 valence electrons. The van der Waals surface area contributed by atoms with Crippen LogP contribution < -0.4 is 9.47 Å². The van der Waals surface area contributed by atoms with Crippen molar-refractivity contribution in [3.05, 3.63) is 115 Å². The molecule has 0 saturated carbocycles. The van der Waals surface area contributed by atoms with Crippen molar-refractivity contribution < 1.29 is 9.47 Å². The predicted octanol–water partition coefficient (Wildman–Crippen LogP) is 5.33. The van der Waals surface area contributed by atoms with Crippen molar-refractivity contribution in [2.24, 2.45) is 0 Å². The van der Waals surface area contributed by atoms with Crippen LogP contribution in [0.5, 0.6) is 11.5 Å². The maximum Gasteiger partial charge on any atom is 0.134 e. The van der Waals surface area contributed by atoms with Crippen molar-refractivity contribution in [1.82, 2.24) is 30.0 Å². The van der Waals surface area contributed by atoms with Crippen molar-refractivity contribution in [2.45, 2.75) is 26.3 Å². The highest BCUT2D eigenvalue weighted by Crippen LogP contribution is 2.21. The summed E-state index contributed by atoms with van der Waals surface area (Å²) in [6, 6.07) is 24.2. The second kappa shape index (κ2) is 11.8. The minimum Gasteiger partial charge on any atom is -0.487 e. The summed E-state index contributed by atoms with van der Waals surface area (Å²) < 4.78 is 17.9. The topological polar surface area (TPSA) is 79.9 Å². The smallest absolute Gasteiger partial charge is 0.134 e. The molecule has 0 aliphatic rings. The molecular formula is C26H22I2N6O2. The molecule has 8 nitrogen and oxygen atoms in total. The van der Waals surface area contributed by atoms with Gasteiger partial charge in [0.2, 0.25) is 0 Å². The highest BCUT2D eigenvalue weighted by atomic mass is 127. The second-order valence-corrected chi connectivity index (χ2v) is 10.6. The van der Waals surface area contributed by atoms with Crippen LogP contribution in [0.2, 0.25) is 0 Å². The van der Waals surface area contributed by atoms with Crippen molar-refractivity contribution in [2.75, 3.05) is 0 Å². The fraction of sp³-hybridized carbons (Fsp3) is 0.154. The van der Waals surface area contributed by atoms with Gasteiger partial charge in [0.05, 0.1) is 25.5 Å². The third-order valence-corrected chi connectivity index (χ3v) is 6.71. The van der Waals surface area contributed by atoms with Crippen LogP contribution in [-0.4, -0.2) is 30.0 Å². The fourth-order valence-electron chi connectivity index (χ4n) is 3.49. The van der Waals surface area contributed by atoms with E-state index >= 15 is 0 Å². The number of hydrogen-bond donors (Lipinski definition) is 0. The molecule has 0 N–H and O–H groups in total. The van der Waals surface area contributed by atoms with Crippen molar-refractivity contribution in [1.29, 1.82) is 0 Å². The third-order valence-electron chi connectivity index (χ3n) is 5.27. The molecule has 0 unspecified atom stereocenters. The minimum atomic E-state index is 0.322. The zero-order valence-corrected chi connectivity index (χ0v) is 23.5. The molecule has 0 aliphatic heterocycles. The van der Waals surface area contributed by atoms with Gasteiger partial charge in [-0.25, -0.2) is 9.36 Å². The molecule has 2 aromatic heterocycles. The molecule has 0 aliphatic carbocycles. The van der Waals surface area contributed by atoms with E-state index in [4.69, 9.17) is 9.47 Å². The molecule has 0 radical (unpaired) electrons. The van der Waals surface area contributed by atoms with Crippen LogP contribution in [0.4, 0.5) is 0 Å². The first-order valence-corrected chi connectivity index (χ1v) is 13.4. The molecule has 3 aromatic carbocycles. The largest absolute Gasteiger partial charge is 0.487 e. The van der Waals surface area contributed by atoms with Gasteiger partial charge in [0.25, 0.3) is 0 Å². The van der Waals surface area contributed by atoms with E-state index in [1.54, 1.807) is 0 Å². The Bertz CT molecular complexity index is 1310. The van der Waals surface area contributed by atoms with E-state index in [0.29, 0.717) is 37.8 Å². The number of hydrogen-bond acceptors (Lipinski definition) is 6. The summed E-state index contributed by atoms with van der Waals surface area (Å²) >= 11 is 4.59. The lowest BCUT2D eigenvalue weighted by Gasteiger charge is -2.07. The standard InChI is InChI=1S/C26H22I2N6O2/c27-21-8-4-19(5-9-21)13-33-15-23(29-31-33)17-35-25-2-1-3-26(12-25)36-18-24-16-34(32-30-24)14-20-6-10-22(28)11-7-20/h1-12,15-16H,13-14,17-18H2. The van der Waals surface area contributed by atoms with E-state index in [9.17, 15) is 0 Å². The van der Waals surface area contributed by atoms with E-state index in [1.807, 2.05) is 46.0 Å². The van der Waals surface area contributed by atoms with Gasteiger partial charge in [0, 0.05) is 13.2 Å². The fourth-order valence-corrected chi connectivity index (χ4v) is 4.21. The average Bonchev–Trinajstić information content (AvgIpc) is 3.54. The Hall–Kier alpha value is -3.00. The highest BCUT2D eigenvalue weighted by molar-refractivity contribution is 14.1. The monoisotopic (exact) mass is 704 g/mol. The molecule has 0 fully saturated rings. The van der Waals surface area contributed by atoms with E-state index in [2.05, 4.69) is 114 Å². The quantitative estimate of drug-likeness (QED) is 0.183. The SMILES string of the molecule is Ic1ccc(Cn2cc(COc3cccc(OCc4cn(Cc5ccc(I)cc5)nn4)c3)nn2)cc1. The molecule has 2 heterocycles. The summed E-state index contributed by atoms with van der Waals surface area (Å²) in [6.45, 7) is 1.98. The normalized spacial score (nSPS) is 10.9. The first-order valence-electron chi connectivity index (χ1n) is 11.2. The van der Waals surface area contributed by atoms with Crippen LogP contribution in [0.1, 0.15) is 22.5 Å². The predicted molar refractivity (Wildman–Crippen MR) is 152 cm³/mol. The van der Waals surface area contributed by atoms with Gasteiger partial charge >= 0.3 is 0 Å². The average molecular weight is 704 g/mol. The molecule has 0 spiro atoms. The van der Waals surface area contributed by atoms with Crippen molar-refractivity contribution in [3.63, 3.8) is 0 Å². The first kappa shape index (κ1) is 24.7. The van der Waals surface area contributed by atoms with Gasteiger partial charge in [-0.05, 0) is 92.7 Å². The Kier molecular flexibility index (Phi) is 8.11. The lowest BCUT2D eigenvalue weighted by molar-refractivity contribution is 0.285. The maximum atomic E-state index is 5.91. The van der Waals surface area contributed by atoms with Gasteiger partial charge in [0.15, 0.2) is 0 Å². The summed E-state index contributed by atoms with van der Waals surface area (Å²) in [5.74, 6) is 1.39. The number of benzene rings is 3. The van der Waals surface area contributed by atoms with Crippen LogP contribution in [-0.2, 0) is 26.3 Å². The summed E-state index contributed by atoms with van der Waals surface area (Å²) in [6.07, 6.45) is 3.80. The lowest BCUT2D eigenvalue weighted by atomic mass is 10.2. The number of ether oxygens (including phenoxy) is 2. The Balaban J connectivity index is 1.11. The Morgan fingerprint density at radius 1 is 0.611 bits per heavy atom. The molecule has 0 bridgehead atoms. The Labute approximate surface area is 235 Å². The molecule has 10 heteroatoms. The van der Waals surface area contributed by atoms with E-state index in [0.717, 1.165) is 11.4 Å². The van der Waals surface area contributed by atoms with Gasteiger partial charge in [-0.2, -0.15) is 0 Å².